The fraction of sp³-hybridized carbons (Fsp3) is 0.467. The van der Waals surface area contributed by atoms with Gasteiger partial charge in [-0.25, -0.2) is 0 Å². The third kappa shape index (κ3) is 2.36. The molecule has 0 amide bonds. The second-order valence-electron chi connectivity index (χ2n) is 4.89. The Kier molecular flexibility index (Phi) is 3.92. The van der Waals surface area contributed by atoms with E-state index in [-0.39, 0.29) is 0 Å². The molecule has 0 aliphatic carbocycles. The van der Waals surface area contributed by atoms with Crippen molar-refractivity contribution >= 4 is 10.9 Å². The zero-order chi connectivity index (χ0) is 13.1. The molecule has 0 saturated heterocycles. The lowest BCUT2D eigenvalue weighted by Gasteiger charge is -2.09. The number of nitrogens with one attached hydrogen (secondary N) is 1. The summed E-state index contributed by atoms with van der Waals surface area (Å²) in [5, 5.41) is 4.54. The number of ether oxygens (including phenoxy) is 1. The maximum absolute atomic E-state index is 5.32. The van der Waals surface area contributed by atoms with Gasteiger partial charge in [0, 0.05) is 23.7 Å². The number of methoxy groups -OCH3 is 1. The standard InChI is InChI=1S/C15H22N2O/c1-11(2)17-10-12(7-8-16-3)14-6-5-13(18-4)9-15(14)17/h5-6,9-11,16H,7-8H2,1-4H3. The molecule has 1 aromatic carbocycles. The molecule has 0 radical (unpaired) electrons. The zero-order valence-corrected chi connectivity index (χ0v) is 11.7. The van der Waals surface area contributed by atoms with Gasteiger partial charge in [-0.2, -0.15) is 0 Å². The van der Waals surface area contributed by atoms with Crippen LogP contribution in [0.15, 0.2) is 24.4 Å². The number of nitrogens with zero attached hydrogens (tertiary/aromatic N) is 1. The minimum atomic E-state index is 0.461. The summed E-state index contributed by atoms with van der Waals surface area (Å²) in [7, 11) is 3.70. The van der Waals surface area contributed by atoms with E-state index < -0.39 is 0 Å². The van der Waals surface area contributed by atoms with Crippen LogP contribution in [0.1, 0.15) is 25.5 Å². The quantitative estimate of drug-likeness (QED) is 0.877. The van der Waals surface area contributed by atoms with Crippen LogP contribution in [-0.2, 0) is 6.42 Å². The maximum Gasteiger partial charge on any atom is 0.120 e. The predicted octanol–water partition coefficient (Wildman–Crippen LogP) is 2.99. The third-order valence-electron chi connectivity index (χ3n) is 3.32. The molecule has 98 valence electrons. The molecule has 3 heteroatoms. The molecule has 2 rings (SSSR count). The van der Waals surface area contributed by atoms with Crippen molar-refractivity contribution in [2.45, 2.75) is 26.3 Å². The van der Waals surface area contributed by atoms with E-state index in [9.17, 15) is 0 Å². The first-order chi connectivity index (χ1) is 8.67. The number of hydrogen-bond donors (Lipinski definition) is 1. The lowest BCUT2D eigenvalue weighted by Crippen LogP contribution is -2.10. The monoisotopic (exact) mass is 246 g/mol. The number of rotatable bonds is 5. The van der Waals surface area contributed by atoms with Gasteiger partial charge >= 0.3 is 0 Å². The Morgan fingerprint density at radius 2 is 2.11 bits per heavy atom. The Labute approximate surface area is 109 Å². The molecule has 18 heavy (non-hydrogen) atoms. The highest BCUT2D eigenvalue weighted by Gasteiger charge is 2.11. The Bertz CT molecular complexity index is 529. The first-order valence-corrected chi connectivity index (χ1v) is 6.49. The topological polar surface area (TPSA) is 26.2 Å². The summed E-state index contributed by atoms with van der Waals surface area (Å²) in [6, 6.07) is 6.79. The molecular weight excluding hydrogens is 224 g/mol. The van der Waals surface area contributed by atoms with E-state index >= 15 is 0 Å². The number of likely N-dealkylation sites (N-methyl/N-ethyl adjacent to an activating group) is 1. The fourth-order valence-electron chi connectivity index (χ4n) is 2.32. The molecule has 3 nitrogen and oxygen atoms in total. The van der Waals surface area contributed by atoms with Crippen LogP contribution in [0.3, 0.4) is 0 Å². The van der Waals surface area contributed by atoms with Crippen LogP contribution < -0.4 is 10.1 Å². The Morgan fingerprint density at radius 3 is 2.72 bits per heavy atom. The normalized spacial score (nSPS) is 11.4. The average Bonchev–Trinajstić information content (AvgIpc) is 2.74. The van der Waals surface area contributed by atoms with Gasteiger partial charge in [-0.15, -0.1) is 0 Å². The molecule has 0 unspecified atom stereocenters. The van der Waals surface area contributed by atoms with Crippen molar-refractivity contribution in [3.05, 3.63) is 30.0 Å². The van der Waals surface area contributed by atoms with Crippen molar-refractivity contribution in [2.75, 3.05) is 20.7 Å². The summed E-state index contributed by atoms with van der Waals surface area (Å²) in [5.74, 6) is 0.919. The highest BCUT2D eigenvalue weighted by molar-refractivity contribution is 5.85. The second-order valence-corrected chi connectivity index (χ2v) is 4.89. The summed E-state index contributed by atoms with van der Waals surface area (Å²) in [5.41, 5.74) is 2.66. The molecule has 1 N–H and O–H groups in total. The van der Waals surface area contributed by atoms with Crippen LogP contribution in [-0.4, -0.2) is 25.3 Å². The minimum Gasteiger partial charge on any atom is -0.497 e. The largest absolute Gasteiger partial charge is 0.497 e. The van der Waals surface area contributed by atoms with Crippen molar-refractivity contribution < 1.29 is 4.74 Å². The van der Waals surface area contributed by atoms with E-state index in [1.165, 1.54) is 16.5 Å². The molecule has 0 aliphatic heterocycles. The summed E-state index contributed by atoms with van der Waals surface area (Å²) >= 11 is 0. The summed E-state index contributed by atoms with van der Waals surface area (Å²) < 4.78 is 7.64. The van der Waals surface area contributed by atoms with E-state index in [2.05, 4.69) is 42.1 Å². The lowest BCUT2D eigenvalue weighted by molar-refractivity contribution is 0.415. The molecule has 2 aromatic rings. The summed E-state index contributed by atoms with van der Waals surface area (Å²) in [6.45, 7) is 5.42. The predicted molar refractivity (Wildman–Crippen MR) is 76.5 cm³/mol. The van der Waals surface area contributed by atoms with Gasteiger partial charge in [0.1, 0.15) is 5.75 Å². The second kappa shape index (κ2) is 5.44. The fourth-order valence-corrected chi connectivity index (χ4v) is 2.32. The molecule has 0 saturated carbocycles. The van der Waals surface area contributed by atoms with Crippen LogP contribution in [0.25, 0.3) is 10.9 Å². The Morgan fingerprint density at radius 1 is 1.33 bits per heavy atom. The molecule has 0 bridgehead atoms. The number of fused-ring (bicyclic) bond motifs is 1. The van der Waals surface area contributed by atoms with Gasteiger partial charge in [0.2, 0.25) is 0 Å². The highest BCUT2D eigenvalue weighted by atomic mass is 16.5. The van der Waals surface area contributed by atoms with Crippen molar-refractivity contribution in [2.24, 2.45) is 0 Å². The van der Waals surface area contributed by atoms with Crippen LogP contribution in [0.4, 0.5) is 0 Å². The van der Waals surface area contributed by atoms with Crippen molar-refractivity contribution in [3.8, 4) is 5.75 Å². The van der Waals surface area contributed by atoms with Crippen LogP contribution in [0, 0.1) is 0 Å². The van der Waals surface area contributed by atoms with Gasteiger partial charge in [0.15, 0.2) is 0 Å². The molecule has 1 aromatic heterocycles. The van der Waals surface area contributed by atoms with Crippen molar-refractivity contribution in [1.29, 1.82) is 0 Å². The minimum absolute atomic E-state index is 0.461. The van der Waals surface area contributed by atoms with Crippen molar-refractivity contribution in [1.82, 2.24) is 9.88 Å². The number of hydrogen-bond acceptors (Lipinski definition) is 2. The van der Waals surface area contributed by atoms with E-state index in [1.807, 2.05) is 13.1 Å². The summed E-state index contributed by atoms with van der Waals surface area (Å²) in [4.78, 5) is 0. The van der Waals surface area contributed by atoms with Gasteiger partial charge < -0.3 is 14.6 Å². The number of benzene rings is 1. The lowest BCUT2D eigenvalue weighted by atomic mass is 10.1. The molecule has 0 spiro atoms. The van der Waals surface area contributed by atoms with E-state index in [0.717, 1.165) is 18.7 Å². The highest BCUT2D eigenvalue weighted by Crippen LogP contribution is 2.28. The van der Waals surface area contributed by atoms with Crippen LogP contribution >= 0.6 is 0 Å². The number of aromatic nitrogens is 1. The van der Waals surface area contributed by atoms with Gasteiger partial charge in [0.05, 0.1) is 12.6 Å². The van der Waals surface area contributed by atoms with Crippen molar-refractivity contribution in [3.63, 3.8) is 0 Å². The molecule has 0 aliphatic rings. The molecule has 0 atom stereocenters. The van der Waals surface area contributed by atoms with Crippen LogP contribution in [0.2, 0.25) is 0 Å². The molecular formula is C15H22N2O. The first kappa shape index (κ1) is 13.0. The van der Waals surface area contributed by atoms with E-state index in [4.69, 9.17) is 4.74 Å². The third-order valence-corrected chi connectivity index (χ3v) is 3.32. The van der Waals surface area contributed by atoms with Gasteiger partial charge in [-0.1, -0.05) is 0 Å². The smallest absolute Gasteiger partial charge is 0.120 e. The summed E-state index contributed by atoms with van der Waals surface area (Å²) in [6.07, 6.45) is 3.32. The van der Waals surface area contributed by atoms with Crippen LogP contribution in [0.5, 0.6) is 5.75 Å². The first-order valence-electron chi connectivity index (χ1n) is 6.49. The van der Waals surface area contributed by atoms with Gasteiger partial charge in [-0.05, 0) is 51.6 Å². The van der Waals surface area contributed by atoms with E-state index in [1.54, 1.807) is 7.11 Å². The Balaban J connectivity index is 2.53. The van der Waals surface area contributed by atoms with Gasteiger partial charge in [0.25, 0.3) is 0 Å². The van der Waals surface area contributed by atoms with E-state index in [0.29, 0.717) is 6.04 Å². The average molecular weight is 246 g/mol. The zero-order valence-electron chi connectivity index (χ0n) is 11.7. The molecule has 0 fully saturated rings. The maximum atomic E-state index is 5.32. The van der Waals surface area contributed by atoms with Gasteiger partial charge in [-0.3, -0.25) is 0 Å². The SMILES string of the molecule is CNCCc1cn(C(C)C)c2cc(OC)ccc12. The Hall–Kier alpha value is -1.48. The molecule has 1 heterocycles.